The Morgan fingerprint density at radius 2 is 2.17 bits per heavy atom. The average molecular weight is 249 g/mol. The molecule has 2 saturated carbocycles. The number of furan rings is 1. The summed E-state index contributed by atoms with van der Waals surface area (Å²) in [5.74, 6) is 3.00. The van der Waals surface area contributed by atoms with Gasteiger partial charge in [0.25, 0.3) is 0 Å². The molecule has 1 aromatic heterocycles. The first-order valence-electron chi connectivity index (χ1n) is 7.20. The van der Waals surface area contributed by atoms with E-state index in [1.54, 1.807) is 0 Å². The molecule has 0 bridgehead atoms. The molecule has 2 fully saturated rings. The highest BCUT2D eigenvalue weighted by Gasteiger charge is 2.21. The highest BCUT2D eigenvalue weighted by molar-refractivity contribution is 5.20. The average Bonchev–Trinajstić information content (AvgIpc) is 3.23. The maximum Gasteiger partial charge on any atom is 0.118 e. The van der Waals surface area contributed by atoms with Crippen LogP contribution in [-0.4, -0.2) is 12.6 Å². The smallest absolute Gasteiger partial charge is 0.118 e. The second kappa shape index (κ2) is 5.45. The molecule has 100 valence electrons. The Hall–Kier alpha value is -0.800. The Kier molecular flexibility index (Phi) is 3.71. The molecule has 0 unspecified atom stereocenters. The zero-order chi connectivity index (χ0) is 12.4. The highest BCUT2D eigenvalue weighted by Crippen LogP contribution is 2.32. The normalized spacial score (nSPS) is 19.4. The molecule has 1 aromatic rings. The van der Waals surface area contributed by atoms with E-state index in [4.69, 9.17) is 9.15 Å². The minimum Gasteiger partial charge on any atom is -0.465 e. The molecule has 0 spiro atoms. The summed E-state index contributed by atoms with van der Waals surface area (Å²) in [6.07, 6.45) is 6.68. The molecule has 2 aliphatic rings. The lowest BCUT2D eigenvalue weighted by atomic mass is 10.2. The molecule has 0 aliphatic heterocycles. The van der Waals surface area contributed by atoms with Gasteiger partial charge < -0.3 is 14.5 Å². The molecule has 0 radical (unpaired) electrons. The largest absolute Gasteiger partial charge is 0.465 e. The van der Waals surface area contributed by atoms with Crippen molar-refractivity contribution in [3.63, 3.8) is 0 Å². The van der Waals surface area contributed by atoms with Gasteiger partial charge in [-0.25, -0.2) is 0 Å². The second-order valence-electron chi connectivity index (χ2n) is 5.73. The van der Waals surface area contributed by atoms with E-state index in [1.165, 1.54) is 37.7 Å². The third kappa shape index (κ3) is 3.59. The van der Waals surface area contributed by atoms with Gasteiger partial charge in [-0.15, -0.1) is 0 Å². The lowest BCUT2D eigenvalue weighted by Crippen LogP contribution is -2.14. The maximum atomic E-state index is 5.74. The zero-order valence-electron chi connectivity index (χ0n) is 11.2. The van der Waals surface area contributed by atoms with Crippen molar-refractivity contribution < 1.29 is 9.15 Å². The zero-order valence-corrected chi connectivity index (χ0v) is 11.2. The Bertz CT molecular complexity index is 391. The molecule has 2 aliphatic carbocycles. The summed E-state index contributed by atoms with van der Waals surface area (Å²) >= 11 is 0. The third-order valence-corrected chi connectivity index (χ3v) is 3.84. The predicted octanol–water partition coefficient (Wildman–Crippen LogP) is 3.16. The first-order chi connectivity index (χ1) is 8.81. The van der Waals surface area contributed by atoms with Gasteiger partial charge in [0.05, 0.1) is 13.2 Å². The van der Waals surface area contributed by atoms with Crippen molar-refractivity contribution in [3.8, 4) is 0 Å². The molecular weight excluding hydrogens is 226 g/mol. The summed E-state index contributed by atoms with van der Waals surface area (Å²) in [4.78, 5) is 0. The van der Waals surface area contributed by atoms with E-state index >= 15 is 0 Å². The number of aryl methyl sites for hydroxylation is 1. The number of hydrogen-bond donors (Lipinski definition) is 1. The standard InChI is InChI=1S/C15H23NO2/c1-11-13(10-17-7-6-12-2-3-12)8-15(18-11)9-16-14-4-5-14/h8,12,14,16H,2-7,9-10H2,1H3. The molecule has 0 aromatic carbocycles. The van der Waals surface area contributed by atoms with Gasteiger partial charge in [-0.1, -0.05) is 12.8 Å². The Labute approximate surface area is 109 Å². The van der Waals surface area contributed by atoms with Crippen LogP contribution in [0.25, 0.3) is 0 Å². The minimum atomic E-state index is 0.700. The Morgan fingerprint density at radius 3 is 2.89 bits per heavy atom. The Balaban J connectivity index is 1.41. The summed E-state index contributed by atoms with van der Waals surface area (Å²) in [5, 5.41) is 3.47. The van der Waals surface area contributed by atoms with E-state index in [0.29, 0.717) is 6.61 Å². The van der Waals surface area contributed by atoms with Crippen LogP contribution in [0.15, 0.2) is 10.5 Å². The van der Waals surface area contributed by atoms with Gasteiger partial charge in [0.2, 0.25) is 0 Å². The summed E-state index contributed by atoms with van der Waals surface area (Å²) < 4.78 is 11.5. The number of hydrogen-bond acceptors (Lipinski definition) is 3. The van der Waals surface area contributed by atoms with E-state index in [2.05, 4.69) is 11.4 Å². The topological polar surface area (TPSA) is 34.4 Å². The third-order valence-electron chi connectivity index (χ3n) is 3.84. The summed E-state index contributed by atoms with van der Waals surface area (Å²) in [6.45, 7) is 4.48. The Morgan fingerprint density at radius 1 is 1.33 bits per heavy atom. The molecule has 1 heterocycles. The van der Waals surface area contributed by atoms with Crippen molar-refractivity contribution in [2.24, 2.45) is 5.92 Å². The van der Waals surface area contributed by atoms with Crippen LogP contribution in [-0.2, 0) is 17.9 Å². The fraction of sp³-hybridized carbons (Fsp3) is 0.733. The van der Waals surface area contributed by atoms with Gasteiger partial charge in [-0.2, -0.15) is 0 Å². The molecule has 3 nitrogen and oxygen atoms in total. The summed E-state index contributed by atoms with van der Waals surface area (Å²) in [6, 6.07) is 2.87. The number of rotatable bonds is 8. The van der Waals surface area contributed by atoms with Gasteiger partial charge in [0, 0.05) is 18.2 Å². The highest BCUT2D eigenvalue weighted by atomic mass is 16.5. The van der Waals surface area contributed by atoms with Crippen LogP contribution < -0.4 is 5.32 Å². The van der Waals surface area contributed by atoms with E-state index in [0.717, 1.165) is 36.6 Å². The number of nitrogens with one attached hydrogen (secondary N) is 1. The quantitative estimate of drug-likeness (QED) is 0.719. The number of ether oxygens (including phenoxy) is 1. The summed E-state index contributed by atoms with van der Waals surface area (Å²) in [5.41, 5.74) is 1.21. The minimum absolute atomic E-state index is 0.700. The molecule has 0 saturated heterocycles. The maximum absolute atomic E-state index is 5.74. The van der Waals surface area contributed by atoms with Crippen LogP contribution >= 0.6 is 0 Å². The fourth-order valence-corrected chi connectivity index (χ4v) is 2.19. The van der Waals surface area contributed by atoms with Crippen molar-refractivity contribution in [1.82, 2.24) is 5.32 Å². The van der Waals surface area contributed by atoms with Crippen molar-refractivity contribution >= 4 is 0 Å². The summed E-state index contributed by atoms with van der Waals surface area (Å²) in [7, 11) is 0. The van der Waals surface area contributed by atoms with E-state index in [1.807, 2.05) is 6.92 Å². The van der Waals surface area contributed by atoms with Crippen LogP contribution in [0, 0.1) is 12.8 Å². The van der Waals surface area contributed by atoms with Crippen molar-refractivity contribution in [1.29, 1.82) is 0 Å². The van der Waals surface area contributed by atoms with E-state index < -0.39 is 0 Å². The molecule has 3 rings (SSSR count). The molecule has 0 atom stereocenters. The first-order valence-corrected chi connectivity index (χ1v) is 7.20. The van der Waals surface area contributed by atoms with E-state index in [-0.39, 0.29) is 0 Å². The molecule has 1 N–H and O–H groups in total. The molecular formula is C15H23NO2. The lowest BCUT2D eigenvalue weighted by molar-refractivity contribution is 0.114. The van der Waals surface area contributed by atoms with Crippen LogP contribution in [0.4, 0.5) is 0 Å². The SMILES string of the molecule is Cc1oc(CNC2CC2)cc1COCCC1CC1. The monoisotopic (exact) mass is 249 g/mol. The molecule has 0 amide bonds. The van der Waals surface area contributed by atoms with E-state index in [9.17, 15) is 0 Å². The first kappa shape index (κ1) is 12.2. The second-order valence-corrected chi connectivity index (χ2v) is 5.73. The fourth-order valence-electron chi connectivity index (χ4n) is 2.19. The van der Waals surface area contributed by atoms with Gasteiger partial charge in [-0.05, 0) is 38.2 Å². The lowest BCUT2D eigenvalue weighted by Gasteiger charge is -2.01. The van der Waals surface area contributed by atoms with Gasteiger partial charge in [0.15, 0.2) is 0 Å². The van der Waals surface area contributed by atoms with Crippen molar-refractivity contribution in [3.05, 3.63) is 23.2 Å². The van der Waals surface area contributed by atoms with Crippen molar-refractivity contribution in [2.45, 2.75) is 58.2 Å². The molecule has 18 heavy (non-hydrogen) atoms. The van der Waals surface area contributed by atoms with Crippen LogP contribution in [0.2, 0.25) is 0 Å². The van der Waals surface area contributed by atoms with Gasteiger partial charge >= 0.3 is 0 Å². The molecule has 3 heteroatoms. The van der Waals surface area contributed by atoms with Gasteiger partial charge in [-0.3, -0.25) is 0 Å². The van der Waals surface area contributed by atoms with Crippen LogP contribution in [0.3, 0.4) is 0 Å². The van der Waals surface area contributed by atoms with Crippen LogP contribution in [0.5, 0.6) is 0 Å². The predicted molar refractivity (Wildman–Crippen MR) is 70.3 cm³/mol. The van der Waals surface area contributed by atoms with Crippen molar-refractivity contribution in [2.75, 3.05) is 6.61 Å². The van der Waals surface area contributed by atoms with Crippen LogP contribution in [0.1, 0.15) is 49.2 Å². The van der Waals surface area contributed by atoms with Gasteiger partial charge in [0.1, 0.15) is 11.5 Å².